The monoisotopic (exact) mass is 409 g/mol. The highest BCUT2D eigenvalue weighted by molar-refractivity contribution is 6.31. The molecule has 3 aromatic rings. The van der Waals surface area contributed by atoms with E-state index in [0.29, 0.717) is 21.8 Å². The van der Waals surface area contributed by atoms with E-state index in [0.717, 1.165) is 5.56 Å². The Balaban J connectivity index is 1.77. The highest BCUT2D eigenvalue weighted by Crippen LogP contribution is 2.31. The molecular weight excluding hydrogens is 390 g/mol. The van der Waals surface area contributed by atoms with Crippen LogP contribution in [0.5, 0.6) is 0 Å². The largest absolute Gasteiger partial charge is 0.453 e. The highest BCUT2D eigenvalue weighted by Gasteiger charge is 2.41. The maximum absolute atomic E-state index is 12.9. The average Bonchev–Trinajstić information content (AvgIpc) is 2.75. The lowest BCUT2D eigenvalue weighted by Gasteiger charge is -2.27. The standard InChI is InChI=1S/C23H20ClNO4/c1-16-12-13-19(24)14-20(16)25-21(26)15-29-22(27)23(28,17-8-4-2-5-9-17)18-10-6-3-7-11-18/h2-14,28H,15H2,1H3,(H,25,26). The molecule has 29 heavy (non-hydrogen) atoms. The minimum absolute atomic E-state index is 0.349. The molecule has 148 valence electrons. The van der Waals surface area contributed by atoms with E-state index in [-0.39, 0.29) is 0 Å². The fourth-order valence-electron chi connectivity index (χ4n) is 2.91. The van der Waals surface area contributed by atoms with E-state index in [1.54, 1.807) is 78.9 Å². The Bertz CT molecular complexity index is 966. The third-order valence-corrected chi connectivity index (χ3v) is 4.72. The third kappa shape index (κ3) is 4.65. The Kier molecular flexibility index (Phi) is 6.32. The lowest BCUT2D eigenvalue weighted by Crippen LogP contribution is -2.39. The minimum Gasteiger partial charge on any atom is -0.453 e. The van der Waals surface area contributed by atoms with Crippen LogP contribution in [0, 0.1) is 6.92 Å². The van der Waals surface area contributed by atoms with E-state index in [1.165, 1.54) is 0 Å². The number of rotatable bonds is 6. The van der Waals surface area contributed by atoms with Crippen molar-refractivity contribution in [2.24, 2.45) is 0 Å². The van der Waals surface area contributed by atoms with Crippen molar-refractivity contribution in [2.45, 2.75) is 12.5 Å². The van der Waals surface area contributed by atoms with E-state index in [9.17, 15) is 14.7 Å². The molecule has 5 nitrogen and oxygen atoms in total. The van der Waals surface area contributed by atoms with Crippen LogP contribution < -0.4 is 5.32 Å². The normalized spacial score (nSPS) is 11.0. The van der Waals surface area contributed by atoms with Crippen LogP contribution in [-0.2, 0) is 19.9 Å². The van der Waals surface area contributed by atoms with E-state index >= 15 is 0 Å². The predicted octanol–water partition coefficient (Wildman–Crippen LogP) is 4.07. The first kappa shape index (κ1) is 20.6. The number of esters is 1. The molecule has 0 saturated heterocycles. The molecule has 1 amide bonds. The fourth-order valence-corrected chi connectivity index (χ4v) is 3.08. The van der Waals surface area contributed by atoms with E-state index < -0.39 is 24.1 Å². The molecule has 2 N–H and O–H groups in total. The molecule has 0 aromatic heterocycles. The number of ether oxygens (including phenoxy) is 1. The minimum atomic E-state index is -2.03. The van der Waals surface area contributed by atoms with Gasteiger partial charge in [0.2, 0.25) is 5.60 Å². The van der Waals surface area contributed by atoms with Gasteiger partial charge >= 0.3 is 5.97 Å². The van der Waals surface area contributed by atoms with Crippen LogP contribution in [0.3, 0.4) is 0 Å². The summed E-state index contributed by atoms with van der Waals surface area (Å²) in [5, 5.41) is 14.4. The second-order valence-corrected chi connectivity index (χ2v) is 6.96. The summed E-state index contributed by atoms with van der Waals surface area (Å²) < 4.78 is 5.19. The molecule has 0 bridgehead atoms. The van der Waals surface area contributed by atoms with Crippen molar-refractivity contribution in [2.75, 3.05) is 11.9 Å². The van der Waals surface area contributed by atoms with Crippen molar-refractivity contribution in [1.82, 2.24) is 0 Å². The van der Waals surface area contributed by atoms with E-state index in [1.807, 2.05) is 6.92 Å². The molecule has 0 radical (unpaired) electrons. The van der Waals surface area contributed by atoms with Gasteiger partial charge in [0, 0.05) is 10.7 Å². The number of halogens is 1. The molecule has 0 spiro atoms. The van der Waals surface area contributed by atoms with Gasteiger partial charge < -0.3 is 15.2 Å². The topological polar surface area (TPSA) is 75.6 Å². The van der Waals surface area contributed by atoms with Crippen molar-refractivity contribution >= 4 is 29.2 Å². The zero-order valence-corrected chi connectivity index (χ0v) is 16.5. The molecule has 0 aliphatic rings. The number of aliphatic hydroxyl groups is 1. The van der Waals surface area contributed by atoms with Crippen molar-refractivity contribution in [3.63, 3.8) is 0 Å². The van der Waals surface area contributed by atoms with Crippen molar-refractivity contribution in [3.05, 3.63) is 101 Å². The number of hydrogen-bond donors (Lipinski definition) is 2. The number of anilines is 1. The predicted molar refractivity (Wildman–Crippen MR) is 112 cm³/mol. The molecule has 0 saturated carbocycles. The maximum Gasteiger partial charge on any atom is 0.348 e. The number of carbonyl (C=O) groups is 2. The number of carbonyl (C=O) groups excluding carboxylic acids is 2. The van der Waals surface area contributed by atoms with E-state index in [4.69, 9.17) is 16.3 Å². The number of amides is 1. The van der Waals surface area contributed by atoms with Crippen LogP contribution in [0.25, 0.3) is 0 Å². The van der Waals surface area contributed by atoms with Gasteiger partial charge in [-0.2, -0.15) is 0 Å². The van der Waals surface area contributed by atoms with Crippen LogP contribution in [-0.4, -0.2) is 23.6 Å². The first-order valence-corrected chi connectivity index (χ1v) is 9.35. The average molecular weight is 410 g/mol. The molecule has 0 atom stereocenters. The van der Waals surface area contributed by atoms with Crippen LogP contribution in [0.4, 0.5) is 5.69 Å². The van der Waals surface area contributed by atoms with E-state index in [2.05, 4.69) is 5.32 Å². The Morgan fingerprint density at radius 2 is 1.52 bits per heavy atom. The summed E-state index contributed by atoms with van der Waals surface area (Å²) >= 11 is 5.95. The van der Waals surface area contributed by atoms with Crippen molar-refractivity contribution < 1.29 is 19.4 Å². The summed E-state index contributed by atoms with van der Waals surface area (Å²) in [5.74, 6) is -1.47. The summed E-state index contributed by atoms with van der Waals surface area (Å²) in [6.07, 6.45) is 0. The van der Waals surface area contributed by atoms with Gasteiger partial charge in [0.15, 0.2) is 6.61 Å². The summed E-state index contributed by atoms with van der Waals surface area (Å²) in [5.41, 5.74) is 0.0121. The van der Waals surface area contributed by atoms with Crippen molar-refractivity contribution in [3.8, 4) is 0 Å². The van der Waals surface area contributed by atoms with Gasteiger partial charge in [-0.15, -0.1) is 0 Å². The summed E-state index contributed by atoms with van der Waals surface area (Å²) in [4.78, 5) is 25.1. The quantitative estimate of drug-likeness (QED) is 0.602. The lowest BCUT2D eigenvalue weighted by atomic mass is 9.86. The summed E-state index contributed by atoms with van der Waals surface area (Å²) in [7, 11) is 0. The Hall–Kier alpha value is -3.15. The Morgan fingerprint density at radius 3 is 2.07 bits per heavy atom. The lowest BCUT2D eigenvalue weighted by molar-refractivity contribution is -0.163. The van der Waals surface area contributed by atoms with Gasteiger partial charge in [-0.05, 0) is 35.7 Å². The molecule has 6 heteroatoms. The summed E-state index contributed by atoms with van der Waals surface area (Å²) in [6, 6.07) is 22.0. The number of hydrogen-bond acceptors (Lipinski definition) is 4. The molecule has 0 aliphatic carbocycles. The van der Waals surface area contributed by atoms with Gasteiger partial charge in [0.1, 0.15) is 0 Å². The number of aryl methyl sites for hydroxylation is 1. The maximum atomic E-state index is 12.9. The van der Waals surface area contributed by atoms with Gasteiger partial charge in [-0.25, -0.2) is 4.79 Å². The second kappa shape index (κ2) is 8.90. The van der Waals surface area contributed by atoms with Crippen LogP contribution in [0.2, 0.25) is 5.02 Å². The zero-order chi connectivity index (χ0) is 20.9. The second-order valence-electron chi connectivity index (χ2n) is 6.53. The molecule has 0 aliphatic heterocycles. The Labute approximate surface area is 173 Å². The molecule has 3 aromatic carbocycles. The number of benzene rings is 3. The molecule has 3 rings (SSSR count). The SMILES string of the molecule is Cc1ccc(Cl)cc1NC(=O)COC(=O)C(O)(c1ccccc1)c1ccccc1. The zero-order valence-electron chi connectivity index (χ0n) is 15.8. The van der Waals surface area contributed by atoms with Crippen LogP contribution in [0.1, 0.15) is 16.7 Å². The molecule has 0 fully saturated rings. The smallest absolute Gasteiger partial charge is 0.348 e. The first-order valence-electron chi connectivity index (χ1n) is 8.98. The van der Waals surface area contributed by atoms with Crippen molar-refractivity contribution in [1.29, 1.82) is 0 Å². The molecule has 0 unspecified atom stereocenters. The summed E-state index contributed by atoms with van der Waals surface area (Å²) in [6.45, 7) is 1.27. The van der Waals surface area contributed by atoms with Crippen LogP contribution in [0.15, 0.2) is 78.9 Å². The first-order chi connectivity index (χ1) is 13.9. The van der Waals surface area contributed by atoms with Gasteiger partial charge in [0.05, 0.1) is 0 Å². The third-order valence-electron chi connectivity index (χ3n) is 4.49. The Morgan fingerprint density at radius 1 is 0.966 bits per heavy atom. The van der Waals surface area contributed by atoms with Gasteiger partial charge in [0.25, 0.3) is 5.91 Å². The fraction of sp³-hybridized carbons (Fsp3) is 0.130. The van der Waals surface area contributed by atoms with Gasteiger partial charge in [-0.3, -0.25) is 4.79 Å². The number of nitrogens with one attached hydrogen (secondary N) is 1. The highest BCUT2D eigenvalue weighted by atomic mass is 35.5. The molecular formula is C23H20ClNO4. The molecule has 0 heterocycles. The van der Waals surface area contributed by atoms with Gasteiger partial charge in [-0.1, -0.05) is 78.3 Å². The van der Waals surface area contributed by atoms with Crippen LogP contribution >= 0.6 is 11.6 Å².